The molecule has 1 saturated carbocycles. The largest absolute Gasteiger partial charge is 0.477 e. The number of carboxylic acid groups (broad SMARTS) is 1. The van der Waals surface area contributed by atoms with E-state index in [9.17, 15) is 14.7 Å². The number of hydrogen-bond donors (Lipinski definition) is 1. The van der Waals surface area contributed by atoms with Gasteiger partial charge in [0.15, 0.2) is 10.8 Å². The summed E-state index contributed by atoms with van der Waals surface area (Å²) in [6, 6.07) is 7.57. The highest BCUT2D eigenvalue weighted by molar-refractivity contribution is 7.15. The molecule has 1 amide bonds. The van der Waals surface area contributed by atoms with Gasteiger partial charge in [0.2, 0.25) is 5.91 Å². The van der Waals surface area contributed by atoms with Crippen molar-refractivity contribution >= 4 is 34.0 Å². The van der Waals surface area contributed by atoms with Crippen molar-refractivity contribution in [1.29, 1.82) is 0 Å². The minimum absolute atomic E-state index is 0.00773. The summed E-state index contributed by atoms with van der Waals surface area (Å²) >= 11 is 1.58. The molecule has 9 nitrogen and oxygen atoms in total. The van der Waals surface area contributed by atoms with E-state index >= 15 is 0 Å². The summed E-state index contributed by atoms with van der Waals surface area (Å²) in [5.74, 6) is -0.364. The third kappa shape index (κ3) is 4.74. The molecule has 2 fully saturated rings. The summed E-state index contributed by atoms with van der Waals surface area (Å²) in [5.41, 5.74) is 2.58. The smallest absolute Gasteiger partial charge is 0.341 e. The van der Waals surface area contributed by atoms with E-state index in [1.54, 1.807) is 20.9 Å². The van der Waals surface area contributed by atoms with E-state index in [0.29, 0.717) is 32.0 Å². The minimum atomic E-state index is -1.09. The van der Waals surface area contributed by atoms with Crippen molar-refractivity contribution in [1.82, 2.24) is 19.2 Å². The molecule has 38 heavy (non-hydrogen) atoms. The molecule has 1 aromatic carbocycles. The molecular weight excluding hydrogens is 502 g/mol. The summed E-state index contributed by atoms with van der Waals surface area (Å²) in [5, 5.41) is 16.8. The summed E-state index contributed by atoms with van der Waals surface area (Å²) in [6.07, 6.45) is 10.5. The van der Waals surface area contributed by atoms with Gasteiger partial charge in [0.1, 0.15) is 5.56 Å². The molecule has 0 radical (unpaired) electrons. The van der Waals surface area contributed by atoms with Gasteiger partial charge in [0.05, 0.1) is 11.4 Å². The fraction of sp³-hybridized carbons (Fsp3) is 0.429. The van der Waals surface area contributed by atoms with Crippen molar-refractivity contribution in [3.8, 4) is 16.9 Å². The molecule has 3 aromatic heterocycles. The van der Waals surface area contributed by atoms with E-state index in [1.807, 2.05) is 46.4 Å². The number of thiazole rings is 1. The number of amides is 1. The van der Waals surface area contributed by atoms with Crippen molar-refractivity contribution < 1.29 is 19.4 Å². The van der Waals surface area contributed by atoms with Gasteiger partial charge >= 0.3 is 5.97 Å². The van der Waals surface area contributed by atoms with Crippen molar-refractivity contribution in [2.24, 2.45) is 11.8 Å². The van der Waals surface area contributed by atoms with Crippen LogP contribution in [0.5, 0.6) is 0 Å². The van der Waals surface area contributed by atoms with Gasteiger partial charge in [-0.25, -0.2) is 14.5 Å². The van der Waals surface area contributed by atoms with Crippen LogP contribution in [0.15, 0.2) is 48.2 Å². The lowest BCUT2D eigenvalue weighted by atomic mass is 9.82. The molecule has 0 spiro atoms. The first kappa shape index (κ1) is 24.8. The van der Waals surface area contributed by atoms with Crippen LogP contribution in [0.1, 0.15) is 55.8 Å². The molecule has 1 saturated heterocycles. The standard InChI is InChI=1S/C28H31N5O4S/c1-18-2-4-20(5-3-18)26(34)33(22-10-13-37-14-11-22)25-23(27(35)36)16-32(30-25)21-8-6-19(7-9-21)24-17-31-12-15-38-28(31)29-24/h6-9,12,15-18,20,22H,2-5,10-11,13-14H2,1H3,(H,35,36). The van der Waals surface area contributed by atoms with Crippen LogP contribution in [0.2, 0.25) is 0 Å². The van der Waals surface area contributed by atoms with E-state index in [4.69, 9.17) is 9.84 Å². The summed E-state index contributed by atoms with van der Waals surface area (Å²) < 4.78 is 9.11. The highest BCUT2D eigenvalue weighted by atomic mass is 32.1. The molecule has 198 valence electrons. The molecule has 0 unspecified atom stereocenters. The van der Waals surface area contributed by atoms with Crippen molar-refractivity contribution in [2.75, 3.05) is 18.1 Å². The van der Waals surface area contributed by atoms with Gasteiger partial charge in [0, 0.05) is 54.7 Å². The first-order valence-electron chi connectivity index (χ1n) is 13.2. The van der Waals surface area contributed by atoms with Crippen molar-refractivity contribution in [3.05, 3.63) is 53.8 Å². The predicted octanol–water partition coefficient (Wildman–Crippen LogP) is 5.29. The first-order chi connectivity index (χ1) is 18.5. The summed E-state index contributed by atoms with van der Waals surface area (Å²) in [6.45, 7) is 3.32. The fourth-order valence-electron chi connectivity index (χ4n) is 5.58. The highest BCUT2D eigenvalue weighted by Gasteiger charge is 2.37. The Morgan fingerprint density at radius 1 is 1.05 bits per heavy atom. The van der Waals surface area contributed by atoms with Gasteiger partial charge in [-0.2, -0.15) is 0 Å². The Labute approximate surface area is 224 Å². The number of imidazole rings is 1. The van der Waals surface area contributed by atoms with Gasteiger partial charge in [-0.15, -0.1) is 16.4 Å². The molecule has 1 N–H and O–H groups in total. The quantitative estimate of drug-likeness (QED) is 0.362. The molecule has 2 aliphatic rings. The van der Waals surface area contributed by atoms with Crippen LogP contribution in [-0.4, -0.2) is 55.4 Å². The lowest BCUT2D eigenvalue weighted by Gasteiger charge is -2.37. The summed E-state index contributed by atoms with van der Waals surface area (Å²) in [7, 11) is 0. The number of benzene rings is 1. The molecule has 1 aliphatic carbocycles. The van der Waals surface area contributed by atoms with Crippen molar-refractivity contribution in [2.45, 2.75) is 51.5 Å². The monoisotopic (exact) mass is 533 g/mol. The van der Waals surface area contributed by atoms with Crippen LogP contribution in [-0.2, 0) is 9.53 Å². The number of carbonyl (C=O) groups is 2. The molecule has 0 bridgehead atoms. The maximum absolute atomic E-state index is 13.9. The zero-order valence-electron chi connectivity index (χ0n) is 21.3. The molecule has 0 atom stereocenters. The second-order valence-electron chi connectivity index (χ2n) is 10.4. The lowest BCUT2D eigenvalue weighted by molar-refractivity contribution is -0.124. The van der Waals surface area contributed by atoms with E-state index in [-0.39, 0.29) is 29.2 Å². The number of carbonyl (C=O) groups excluding carboxylic acids is 1. The number of nitrogens with zero attached hydrogens (tertiary/aromatic N) is 5. The van der Waals surface area contributed by atoms with Gasteiger partial charge in [0.25, 0.3) is 0 Å². The lowest BCUT2D eigenvalue weighted by Crippen LogP contribution is -2.47. The third-order valence-corrected chi connectivity index (χ3v) is 8.60. The number of ether oxygens (including phenoxy) is 1. The Bertz CT molecular complexity index is 1410. The average molecular weight is 534 g/mol. The zero-order valence-corrected chi connectivity index (χ0v) is 22.1. The van der Waals surface area contributed by atoms with Crippen LogP contribution in [0.3, 0.4) is 0 Å². The Morgan fingerprint density at radius 3 is 2.47 bits per heavy atom. The maximum Gasteiger partial charge on any atom is 0.341 e. The maximum atomic E-state index is 13.9. The average Bonchev–Trinajstić information content (AvgIpc) is 3.66. The number of rotatable bonds is 6. The highest BCUT2D eigenvalue weighted by Crippen LogP contribution is 2.34. The van der Waals surface area contributed by atoms with Crippen LogP contribution in [0, 0.1) is 11.8 Å². The Morgan fingerprint density at radius 2 is 1.79 bits per heavy atom. The number of carboxylic acids is 1. The van der Waals surface area contributed by atoms with E-state index in [2.05, 4.69) is 11.9 Å². The van der Waals surface area contributed by atoms with Crippen molar-refractivity contribution in [3.63, 3.8) is 0 Å². The van der Waals surface area contributed by atoms with E-state index < -0.39 is 5.97 Å². The second-order valence-corrected chi connectivity index (χ2v) is 11.3. The Balaban J connectivity index is 1.34. The van der Waals surface area contributed by atoms with Gasteiger partial charge in [-0.1, -0.05) is 19.1 Å². The molecule has 4 heterocycles. The molecular formula is C28H31N5O4S. The van der Waals surface area contributed by atoms with Crippen LogP contribution < -0.4 is 4.90 Å². The Hall–Kier alpha value is -3.50. The van der Waals surface area contributed by atoms with Gasteiger partial charge in [-0.3, -0.25) is 14.1 Å². The van der Waals surface area contributed by atoms with Crippen LogP contribution in [0.4, 0.5) is 5.82 Å². The molecule has 10 heteroatoms. The summed E-state index contributed by atoms with van der Waals surface area (Å²) in [4.78, 5) is 33.6. The fourth-order valence-corrected chi connectivity index (χ4v) is 6.28. The van der Waals surface area contributed by atoms with Crippen LogP contribution in [0.25, 0.3) is 21.9 Å². The minimum Gasteiger partial charge on any atom is -0.477 e. The van der Waals surface area contributed by atoms with E-state index in [1.165, 1.54) is 6.20 Å². The number of aromatic carboxylic acids is 1. The van der Waals surface area contributed by atoms with Gasteiger partial charge < -0.3 is 9.84 Å². The normalized spacial score (nSPS) is 20.6. The molecule has 6 rings (SSSR count). The SMILES string of the molecule is CC1CCC(C(=O)N(c2nn(-c3ccc(-c4cn5ccsc5n4)cc3)cc2C(=O)O)C2CCOCC2)CC1. The van der Waals surface area contributed by atoms with Gasteiger partial charge in [-0.05, 0) is 56.6 Å². The number of anilines is 1. The molecule has 4 aromatic rings. The predicted molar refractivity (Wildman–Crippen MR) is 145 cm³/mol. The Kier molecular flexibility index (Phi) is 6.75. The number of hydrogen-bond acceptors (Lipinski definition) is 6. The zero-order chi connectivity index (χ0) is 26.2. The molecule has 1 aliphatic heterocycles. The second kappa shape index (κ2) is 10.3. The van der Waals surface area contributed by atoms with E-state index in [0.717, 1.165) is 47.6 Å². The number of aromatic nitrogens is 4. The number of fused-ring (bicyclic) bond motifs is 1. The van der Waals surface area contributed by atoms with Crippen LogP contribution >= 0.6 is 11.3 Å². The first-order valence-corrected chi connectivity index (χ1v) is 14.1. The third-order valence-electron chi connectivity index (χ3n) is 7.83. The topological polar surface area (TPSA) is 102 Å².